The highest BCUT2D eigenvalue weighted by atomic mass is 19.3. The highest BCUT2D eigenvalue weighted by Crippen LogP contribution is 2.46. The van der Waals surface area contributed by atoms with E-state index in [4.69, 9.17) is 0 Å². The number of benzene rings is 3. The normalized spacial score (nSPS) is 16.0. The third kappa shape index (κ3) is 4.08. The van der Waals surface area contributed by atoms with E-state index in [9.17, 15) is 22.8 Å². The number of nitrogens with one attached hydrogen (secondary N) is 1. The summed E-state index contributed by atoms with van der Waals surface area (Å²) in [6, 6.07) is 18.5. The molecule has 4 nitrogen and oxygen atoms in total. The number of para-hydroxylation sites is 1. The summed E-state index contributed by atoms with van der Waals surface area (Å²) >= 11 is 0. The number of amides is 1. The molecular weight excluding hydrogens is 472 g/mol. The molecular formula is C28H20F4N2O2. The molecule has 1 amide bonds. The molecule has 0 aliphatic carbocycles. The van der Waals surface area contributed by atoms with Crippen LogP contribution in [0.5, 0.6) is 0 Å². The standard InChI is InChI=1S/C28H20F4N2O2/c1-16-13-21(25-23(30)15-28(31,32)22-7-2-3-8-24(22)34(16)25)27(36)33-20-11-9-17(10-12-20)26(35)18-5-4-6-19(29)14-18/h2-14,23H,15H2,1H3,(H,33,36). The van der Waals surface area contributed by atoms with Gasteiger partial charge in [0, 0.05) is 28.1 Å². The Kier molecular flexibility index (Phi) is 5.74. The summed E-state index contributed by atoms with van der Waals surface area (Å²) in [5, 5.41) is 2.64. The van der Waals surface area contributed by atoms with E-state index in [-0.39, 0.29) is 39.4 Å². The van der Waals surface area contributed by atoms with E-state index in [0.29, 0.717) is 11.4 Å². The van der Waals surface area contributed by atoms with Gasteiger partial charge in [-0.15, -0.1) is 0 Å². The van der Waals surface area contributed by atoms with Crippen molar-refractivity contribution in [1.29, 1.82) is 0 Å². The van der Waals surface area contributed by atoms with Gasteiger partial charge in [-0.3, -0.25) is 9.59 Å². The lowest BCUT2D eigenvalue weighted by atomic mass is 10.0. The molecule has 4 aromatic rings. The van der Waals surface area contributed by atoms with Crippen LogP contribution in [0, 0.1) is 12.7 Å². The van der Waals surface area contributed by atoms with Crippen LogP contribution in [0.2, 0.25) is 0 Å². The van der Waals surface area contributed by atoms with Gasteiger partial charge in [0.25, 0.3) is 11.8 Å². The number of ketones is 1. The summed E-state index contributed by atoms with van der Waals surface area (Å²) in [5.41, 5.74) is 0.895. The molecule has 0 spiro atoms. The fourth-order valence-electron chi connectivity index (χ4n) is 4.58. The van der Waals surface area contributed by atoms with Crippen LogP contribution in [0.15, 0.2) is 78.9 Å². The van der Waals surface area contributed by atoms with Crippen molar-refractivity contribution in [2.24, 2.45) is 0 Å². The molecule has 0 saturated heterocycles. The third-order valence-corrected chi connectivity index (χ3v) is 6.23. The average molecular weight is 492 g/mol. The van der Waals surface area contributed by atoms with Crippen molar-refractivity contribution in [1.82, 2.24) is 4.57 Å². The number of rotatable bonds is 4. The molecule has 5 rings (SSSR count). The van der Waals surface area contributed by atoms with E-state index in [1.54, 1.807) is 13.0 Å². The number of carbonyl (C=O) groups excluding carboxylic acids is 2. The van der Waals surface area contributed by atoms with Crippen LogP contribution >= 0.6 is 0 Å². The first-order valence-electron chi connectivity index (χ1n) is 11.2. The van der Waals surface area contributed by atoms with Crippen molar-refractivity contribution in [2.75, 3.05) is 5.32 Å². The molecule has 1 aliphatic rings. The first kappa shape index (κ1) is 23.5. The van der Waals surface area contributed by atoms with E-state index >= 15 is 4.39 Å². The summed E-state index contributed by atoms with van der Waals surface area (Å²) in [4.78, 5) is 25.7. The van der Waals surface area contributed by atoms with Crippen molar-refractivity contribution in [3.63, 3.8) is 0 Å². The van der Waals surface area contributed by atoms with Gasteiger partial charge in [-0.2, -0.15) is 0 Å². The zero-order valence-electron chi connectivity index (χ0n) is 19.1. The van der Waals surface area contributed by atoms with Crippen LogP contribution < -0.4 is 5.32 Å². The number of hydrogen-bond donors (Lipinski definition) is 1. The molecule has 182 valence electrons. The van der Waals surface area contributed by atoms with Crippen molar-refractivity contribution in [2.45, 2.75) is 25.4 Å². The van der Waals surface area contributed by atoms with E-state index in [1.165, 1.54) is 71.3 Å². The summed E-state index contributed by atoms with van der Waals surface area (Å²) < 4.78 is 59.7. The molecule has 2 heterocycles. The summed E-state index contributed by atoms with van der Waals surface area (Å²) in [5.74, 6) is -4.99. The minimum atomic E-state index is -3.40. The highest BCUT2D eigenvalue weighted by molar-refractivity contribution is 6.09. The van der Waals surface area contributed by atoms with Gasteiger partial charge in [-0.25, -0.2) is 17.6 Å². The van der Waals surface area contributed by atoms with Gasteiger partial charge in [0.15, 0.2) is 5.78 Å². The van der Waals surface area contributed by atoms with Gasteiger partial charge in [-0.05, 0) is 55.5 Å². The van der Waals surface area contributed by atoms with Crippen molar-refractivity contribution in [3.05, 3.63) is 118 Å². The lowest BCUT2D eigenvalue weighted by Gasteiger charge is -2.17. The predicted octanol–water partition coefficient (Wildman–Crippen LogP) is 6.91. The van der Waals surface area contributed by atoms with Crippen LogP contribution in [-0.2, 0) is 5.92 Å². The first-order valence-corrected chi connectivity index (χ1v) is 11.2. The summed E-state index contributed by atoms with van der Waals surface area (Å²) in [6.07, 6.45) is -3.15. The van der Waals surface area contributed by atoms with E-state index in [1.807, 2.05) is 0 Å². The van der Waals surface area contributed by atoms with Gasteiger partial charge < -0.3 is 9.88 Å². The molecule has 0 fully saturated rings. The van der Waals surface area contributed by atoms with Gasteiger partial charge in [0.05, 0.1) is 23.4 Å². The maximum Gasteiger partial charge on any atom is 0.278 e. The average Bonchev–Trinajstić information content (AvgIpc) is 3.17. The van der Waals surface area contributed by atoms with Crippen molar-refractivity contribution in [3.8, 4) is 5.69 Å². The SMILES string of the molecule is Cc1cc(C(=O)Nc2ccc(C(=O)c3cccc(F)c3)cc2)c2n1-c1ccccc1C(F)(F)CC2F. The molecule has 8 heteroatoms. The van der Waals surface area contributed by atoms with E-state index in [0.717, 1.165) is 6.07 Å². The molecule has 1 unspecified atom stereocenters. The number of alkyl halides is 3. The van der Waals surface area contributed by atoms with E-state index < -0.39 is 30.2 Å². The maximum atomic E-state index is 15.3. The second-order valence-electron chi connectivity index (χ2n) is 8.68. The van der Waals surface area contributed by atoms with Crippen LogP contribution in [0.1, 0.15) is 55.8 Å². The second kappa shape index (κ2) is 8.78. The van der Waals surface area contributed by atoms with E-state index in [2.05, 4.69) is 5.32 Å². The zero-order chi connectivity index (χ0) is 25.6. The topological polar surface area (TPSA) is 51.1 Å². The van der Waals surface area contributed by atoms with Crippen LogP contribution in [0.25, 0.3) is 5.69 Å². The quantitative estimate of drug-likeness (QED) is 0.249. The minimum Gasteiger partial charge on any atom is -0.322 e. The Balaban J connectivity index is 1.44. The fourth-order valence-corrected chi connectivity index (χ4v) is 4.58. The number of hydrogen-bond acceptors (Lipinski definition) is 2. The Hall–Kier alpha value is -4.20. The maximum absolute atomic E-state index is 15.3. The lowest BCUT2D eigenvalue weighted by Crippen LogP contribution is -2.17. The molecule has 3 aromatic carbocycles. The number of carbonyl (C=O) groups is 2. The molecule has 1 aromatic heterocycles. The third-order valence-electron chi connectivity index (χ3n) is 6.23. The van der Waals surface area contributed by atoms with Gasteiger partial charge in [0.2, 0.25) is 0 Å². The number of halogens is 4. The molecule has 1 N–H and O–H groups in total. The Morgan fingerprint density at radius 1 is 0.944 bits per heavy atom. The lowest BCUT2D eigenvalue weighted by molar-refractivity contribution is -0.0329. The van der Waals surface area contributed by atoms with Gasteiger partial charge in [0.1, 0.15) is 12.0 Å². The molecule has 0 bridgehead atoms. The van der Waals surface area contributed by atoms with Crippen molar-refractivity contribution < 1.29 is 27.2 Å². The van der Waals surface area contributed by atoms with Crippen LogP contribution in [0.3, 0.4) is 0 Å². The highest BCUT2D eigenvalue weighted by Gasteiger charge is 2.43. The number of anilines is 1. The zero-order valence-corrected chi connectivity index (χ0v) is 19.1. The molecule has 1 aliphatic heterocycles. The number of aryl methyl sites for hydroxylation is 1. The van der Waals surface area contributed by atoms with Gasteiger partial charge in [-0.1, -0.05) is 30.3 Å². The monoisotopic (exact) mass is 492 g/mol. The van der Waals surface area contributed by atoms with Crippen LogP contribution in [-0.4, -0.2) is 16.3 Å². The second-order valence-corrected chi connectivity index (χ2v) is 8.68. The van der Waals surface area contributed by atoms with Crippen molar-refractivity contribution >= 4 is 17.4 Å². The summed E-state index contributed by atoms with van der Waals surface area (Å²) in [7, 11) is 0. The van der Waals surface area contributed by atoms with Crippen LogP contribution in [0.4, 0.5) is 23.2 Å². The molecule has 1 atom stereocenters. The minimum absolute atomic E-state index is 0.0487. The molecule has 0 radical (unpaired) electrons. The van der Waals surface area contributed by atoms with Gasteiger partial charge >= 0.3 is 0 Å². The smallest absolute Gasteiger partial charge is 0.278 e. The number of nitrogens with zero attached hydrogens (tertiary/aromatic N) is 1. The largest absolute Gasteiger partial charge is 0.322 e. The molecule has 36 heavy (non-hydrogen) atoms. The molecule has 0 saturated carbocycles. The summed E-state index contributed by atoms with van der Waals surface area (Å²) in [6.45, 7) is 1.63. The first-order chi connectivity index (χ1) is 17.2. The Labute approximate surface area is 204 Å². The predicted molar refractivity (Wildman–Crippen MR) is 127 cm³/mol. The number of fused-ring (bicyclic) bond motifs is 3. The Morgan fingerprint density at radius 3 is 2.39 bits per heavy atom. The number of aromatic nitrogens is 1. The fraction of sp³-hybridized carbons (Fsp3) is 0.143. The Bertz CT molecular complexity index is 1490. The Morgan fingerprint density at radius 2 is 1.67 bits per heavy atom.